The molecule has 13 heavy (non-hydrogen) atoms. The van der Waals surface area contributed by atoms with Gasteiger partial charge in [0.2, 0.25) is 0 Å². The molecule has 0 aromatic carbocycles. The van der Waals surface area contributed by atoms with Crippen molar-refractivity contribution in [2.75, 3.05) is 6.54 Å². The molecule has 0 aliphatic carbocycles. The molecule has 1 radical (unpaired) electrons. The minimum absolute atomic E-state index is 0.169. The average Bonchev–Trinajstić information content (AvgIpc) is 2.30. The third-order valence-corrected chi connectivity index (χ3v) is 2.18. The van der Waals surface area contributed by atoms with Gasteiger partial charge in [-0.15, -0.1) is 0 Å². The minimum atomic E-state index is -0.376. The van der Waals surface area contributed by atoms with Gasteiger partial charge in [-0.3, -0.25) is 0 Å². The maximum absolute atomic E-state index is 11.6. The van der Waals surface area contributed by atoms with E-state index in [9.17, 15) is 4.79 Å². The molecule has 0 spiro atoms. The van der Waals surface area contributed by atoms with Crippen LogP contribution in [0.3, 0.4) is 0 Å². The Labute approximate surface area is 89.0 Å². The van der Waals surface area contributed by atoms with Crippen LogP contribution >= 0.6 is 0 Å². The molecule has 0 saturated carbocycles. The fourth-order valence-corrected chi connectivity index (χ4v) is 1.53. The van der Waals surface area contributed by atoms with Gasteiger partial charge in [0, 0.05) is 0 Å². The normalized spacial score (nSPS) is 24.8. The second kappa shape index (κ2) is 4.04. The Morgan fingerprint density at radius 2 is 2.15 bits per heavy atom. The monoisotopic (exact) mass is 177 g/mol. The topological polar surface area (TPSA) is 32.2 Å². The van der Waals surface area contributed by atoms with Crippen molar-refractivity contribution in [1.29, 1.82) is 0 Å². The summed E-state index contributed by atoms with van der Waals surface area (Å²) in [6.07, 6.45) is 2.03. The molecule has 1 heterocycles. The van der Waals surface area contributed by atoms with Crippen molar-refractivity contribution in [3.63, 3.8) is 0 Å². The van der Waals surface area contributed by atoms with Crippen molar-refractivity contribution in [2.24, 2.45) is 0 Å². The Kier molecular flexibility index (Phi) is 3.45. The van der Waals surface area contributed by atoms with Gasteiger partial charge in [-0.05, 0) is 0 Å². The molecular weight excluding hydrogens is 161 g/mol. The number of amides is 1. The van der Waals surface area contributed by atoms with E-state index < -0.39 is 0 Å². The molecule has 1 amide bonds. The van der Waals surface area contributed by atoms with Crippen LogP contribution in [0.2, 0.25) is 0 Å². The summed E-state index contributed by atoms with van der Waals surface area (Å²) in [7, 11) is 0. The first kappa shape index (κ1) is 11.1. The molecule has 1 fully saturated rings. The summed E-state index contributed by atoms with van der Waals surface area (Å²) >= 11 is 2.07. The molecular formula is C9H16LiNO2+. The number of ether oxygens (including phenoxy) is 1. The van der Waals surface area contributed by atoms with Crippen LogP contribution in [0.4, 0.5) is 4.79 Å². The van der Waals surface area contributed by atoms with Crippen molar-refractivity contribution in [3.8, 4) is 0 Å². The van der Waals surface area contributed by atoms with Crippen LogP contribution in [0.1, 0.15) is 33.6 Å². The van der Waals surface area contributed by atoms with E-state index in [0.29, 0.717) is 4.71 Å². The van der Waals surface area contributed by atoms with E-state index in [4.69, 9.17) is 4.74 Å². The number of hydrogen-bond acceptors (Lipinski definition) is 2. The van der Waals surface area contributed by atoms with Gasteiger partial charge in [0.05, 0.1) is 0 Å². The van der Waals surface area contributed by atoms with E-state index in [2.05, 4.69) is 17.7 Å². The van der Waals surface area contributed by atoms with E-state index in [1.165, 1.54) is 0 Å². The number of hydrogen-bond donors (Lipinski definition) is 0. The SMILES string of the molecule is [Li][CH]1CCC[N+]1C(=O)OC(C)(C)C. The van der Waals surface area contributed by atoms with Gasteiger partial charge in [-0.2, -0.15) is 0 Å². The molecule has 1 rings (SSSR count). The molecule has 0 aromatic rings. The van der Waals surface area contributed by atoms with E-state index >= 15 is 0 Å². The molecule has 1 atom stereocenters. The molecule has 3 nitrogen and oxygen atoms in total. The fraction of sp³-hybridized carbons (Fsp3) is 0.889. The summed E-state index contributed by atoms with van der Waals surface area (Å²) in [5.74, 6) is 0. The zero-order valence-corrected chi connectivity index (χ0v) is 8.96. The molecule has 1 aliphatic heterocycles. The maximum atomic E-state index is 11.6. The Morgan fingerprint density at radius 3 is 2.54 bits per heavy atom. The first-order valence-corrected chi connectivity index (χ1v) is 4.90. The molecule has 0 N–H and O–H groups in total. The van der Waals surface area contributed by atoms with Gasteiger partial charge >= 0.3 is 88.7 Å². The zero-order chi connectivity index (χ0) is 10.1. The Bertz CT molecular complexity index is 200. The van der Waals surface area contributed by atoms with Crippen LogP contribution in [-0.2, 0) is 4.74 Å². The van der Waals surface area contributed by atoms with Crippen LogP contribution in [0.15, 0.2) is 0 Å². The summed E-state index contributed by atoms with van der Waals surface area (Å²) in [6, 6.07) is 0. The predicted molar refractivity (Wildman–Crippen MR) is 52.0 cm³/mol. The van der Waals surface area contributed by atoms with Gasteiger partial charge in [0.15, 0.2) is 0 Å². The second-order valence-corrected chi connectivity index (χ2v) is 4.66. The number of carbonyl (C=O) groups is 1. The number of likely N-dealkylation sites (tertiary alicyclic amines) is 1. The number of carbonyl (C=O) groups excluding carboxylic acids is 1. The van der Waals surface area contributed by atoms with Gasteiger partial charge in [0.1, 0.15) is 0 Å². The first-order chi connectivity index (χ1) is 5.90. The summed E-state index contributed by atoms with van der Waals surface area (Å²) < 4.78 is 5.62. The summed E-state index contributed by atoms with van der Waals surface area (Å²) in [5.41, 5.74) is -0.376. The number of rotatable bonds is 0. The zero-order valence-electron chi connectivity index (χ0n) is 8.96. The van der Waals surface area contributed by atoms with Crippen LogP contribution in [0, 0.1) is 0 Å². The standard InChI is InChI=1S/C9H16NO2.Li/c1-9(2,3)12-8(11)10-6-4-5-7-10;/h6H,4-5,7H2,1-3H3;/q+1;. The third-order valence-electron chi connectivity index (χ3n) is 2.18. The van der Waals surface area contributed by atoms with Crippen LogP contribution in [-0.4, -0.2) is 40.7 Å². The quantitative estimate of drug-likeness (QED) is 0.413. The van der Waals surface area contributed by atoms with Gasteiger partial charge in [-0.1, -0.05) is 0 Å². The third kappa shape index (κ3) is 3.34. The fourth-order valence-electron chi connectivity index (χ4n) is 1.53. The first-order valence-electron chi connectivity index (χ1n) is 4.90. The Hall–Kier alpha value is 0.0274. The molecule has 4 heteroatoms. The van der Waals surface area contributed by atoms with Gasteiger partial charge in [-0.25, -0.2) is 0 Å². The van der Waals surface area contributed by atoms with Crippen LogP contribution in [0.25, 0.3) is 0 Å². The number of nitrogens with zero attached hydrogens (tertiary/aromatic N) is 1. The summed E-state index contributed by atoms with van der Waals surface area (Å²) in [5, 5.41) is 0. The van der Waals surface area contributed by atoms with E-state index in [-0.39, 0.29) is 11.7 Å². The van der Waals surface area contributed by atoms with E-state index in [0.717, 1.165) is 19.4 Å². The van der Waals surface area contributed by atoms with Crippen LogP contribution < -0.4 is 4.90 Å². The molecule has 0 aromatic heterocycles. The van der Waals surface area contributed by atoms with Crippen molar-refractivity contribution in [3.05, 3.63) is 0 Å². The predicted octanol–water partition coefficient (Wildman–Crippen LogP) is 1.35. The van der Waals surface area contributed by atoms with Crippen molar-refractivity contribution < 1.29 is 9.53 Å². The average molecular weight is 177 g/mol. The Balaban J connectivity index is 2.48. The summed E-state index contributed by atoms with van der Waals surface area (Å²) in [6.45, 7) is 6.53. The second-order valence-electron chi connectivity index (χ2n) is 4.66. The molecule has 69 valence electrons. The van der Waals surface area contributed by atoms with Crippen molar-refractivity contribution in [1.82, 2.24) is 4.90 Å². The van der Waals surface area contributed by atoms with Crippen molar-refractivity contribution in [2.45, 2.75) is 43.9 Å². The van der Waals surface area contributed by atoms with E-state index in [1.807, 2.05) is 25.7 Å². The van der Waals surface area contributed by atoms with Crippen LogP contribution in [0.5, 0.6) is 0 Å². The Morgan fingerprint density at radius 1 is 1.54 bits per heavy atom. The van der Waals surface area contributed by atoms with Gasteiger partial charge < -0.3 is 0 Å². The molecule has 1 unspecified atom stereocenters. The molecule has 0 bridgehead atoms. The van der Waals surface area contributed by atoms with Gasteiger partial charge in [0.25, 0.3) is 0 Å². The summed E-state index contributed by atoms with van der Waals surface area (Å²) in [4.78, 5) is 13.4. The molecule has 1 saturated heterocycles. The van der Waals surface area contributed by atoms with Crippen molar-refractivity contribution >= 4 is 23.8 Å². The molecule has 1 aliphatic rings. The van der Waals surface area contributed by atoms with E-state index in [1.54, 1.807) is 0 Å².